The van der Waals surface area contributed by atoms with Gasteiger partial charge in [0.2, 0.25) is 0 Å². The Hall–Kier alpha value is -3.78. The van der Waals surface area contributed by atoms with Crippen molar-refractivity contribution in [3.63, 3.8) is 0 Å². The second kappa shape index (κ2) is 8.01. The van der Waals surface area contributed by atoms with Crippen molar-refractivity contribution in [1.82, 2.24) is 9.97 Å². The third kappa shape index (κ3) is 4.61. The third-order valence-electron chi connectivity index (χ3n) is 2.85. The molecule has 120 valence electrons. The highest BCUT2D eigenvalue weighted by atomic mass is 16.4. The number of amides is 1. The lowest BCUT2D eigenvalue weighted by atomic mass is 10.1. The Bertz CT molecular complexity index is 805. The predicted octanol–water partition coefficient (Wildman–Crippen LogP) is 1.32. The first-order valence-corrected chi connectivity index (χ1v) is 6.56. The van der Waals surface area contributed by atoms with E-state index in [2.05, 4.69) is 9.97 Å². The van der Waals surface area contributed by atoms with Crippen LogP contribution in [0.1, 0.15) is 43.2 Å². The van der Waals surface area contributed by atoms with E-state index in [0.29, 0.717) is 22.3 Å². The number of carboxylic acid groups (broad SMARTS) is 1. The highest BCUT2D eigenvalue weighted by Gasteiger charge is 2.08. The molecule has 0 aromatic carbocycles. The number of nitriles is 2. The van der Waals surface area contributed by atoms with Crippen LogP contribution in [0.15, 0.2) is 24.5 Å². The molecule has 2 rings (SSSR count). The number of carboxylic acids is 1. The number of nitrogens with zero attached hydrogens (tertiary/aromatic N) is 4. The van der Waals surface area contributed by atoms with Gasteiger partial charge in [-0.25, -0.2) is 14.8 Å². The van der Waals surface area contributed by atoms with Gasteiger partial charge in [-0.2, -0.15) is 10.5 Å². The van der Waals surface area contributed by atoms with Gasteiger partial charge >= 0.3 is 5.97 Å². The molecule has 0 atom stereocenters. The second-order valence-corrected chi connectivity index (χ2v) is 4.67. The summed E-state index contributed by atoms with van der Waals surface area (Å²) in [4.78, 5) is 28.6. The molecule has 0 saturated heterocycles. The van der Waals surface area contributed by atoms with Crippen molar-refractivity contribution in [2.45, 2.75) is 13.8 Å². The van der Waals surface area contributed by atoms with Crippen LogP contribution in [0.5, 0.6) is 0 Å². The number of hydrogen-bond acceptors (Lipinski definition) is 6. The topological polar surface area (TPSA) is 154 Å². The van der Waals surface area contributed by atoms with Crippen molar-refractivity contribution in [3.8, 4) is 12.1 Å². The Morgan fingerprint density at radius 3 is 1.71 bits per heavy atom. The Morgan fingerprint density at radius 2 is 1.42 bits per heavy atom. The molecule has 2 heterocycles. The Kier molecular flexibility index (Phi) is 6.10. The van der Waals surface area contributed by atoms with Gasteiger partial charge in [0.15, 0.2) is 5.69 Å². The van der Waals surface area contributed by atoms with E-state index >= 15 is 0 Å². The molecule has 24 heavy (non-hydrogen) atoms. The van der Waals surface area contributed by atoms with Gasteiger partial charge in [-0.15, -0.1) is 0 Å². The molecule has 0 aliphatic carbocycles. The van der Waals surface area contributed by atoms with Crippen molar-refractivity contribution in [1.29, 1.82) is 10.5 Å². The van der Waals surface area contributed by atoms with Gasteiger partial charge in [0, 0.05) is 12.4 Å². The highest BCUT2D eigenvalue weighted by molar-refractivity contribution is 5.92. The molecule has 3 N–H and O–H groups in total. The summed E-state index contributed by atoms with van der Waals surface area (Å²) in [5.41, 5.74) is 7.16. The standard InChI is InChI=1S/C8H7N3O.C8H6N2O2/c1-5-2-6(3-9)4-11-7(5)8(10)12;1-5-2-6(3-9)4-10-7(5)8(11)12/h2,4H,1H3,(H2,10,12);2,4H,1H3,(H,11,12). The van der Waals surface area contributed by atoms with Crippen LogP contribution < -0.4 is 5.73 Å². The third-order valence-corrected chi connectivity index (χ3v) is 2.85. The normalized spacial score (nSPS) is 9.00. The minimum Gasteiger partial charge on any atom is -0.477 e. The number of pyridine rings is 2. The summed E-state index contributed by atoms with van der Waals surface area (Å²) in [5, 5.41) is 25.5. The monoisotopic (exact) mass is 323 g/mol. The molecule has 0 aliphatic rings. The molecule has 2 aromatic heterocycles. The van der Waals surface area contributed by atoms with E-state index in [1.165, 1.54) is 18.5 Å². The fourth-order valence-electron chi connectivity index (χ4n) is 1.75. The Labute approximate surface area is 137 Å². The molecule has 0 unspecified atom stereocenters. The van der Waals surface area contributed by atoms with Crippen LogP contribution in [0.2, 0.25) is 0 Å². The molecule has 0 aliphatic heterocycles. The van der Waals surface area contributed by atoms with E-state index in [0.717, 1.165) is 0 Å². The maximum absolute atomic E-state index is 10.7. The number of aryl methyl sites for hydroxylation is 2. The summed E-state index contributed by atoms with van der Waals surface area (Å²) in [7, 11) is 0. The molecular formula is C16H13N5O3. The van der Waals surface area contributed by atoms with Crippen molar-refractivity contribution in [3.05, 3.63) is 58.2 Å². The number of nitrogens with two attached hydrogens (primary N) is 1. The summed E-state index contributed by atoms with van der Waals surface area (Å²) < 4.78 is 0. The van der Waals surface area contributed by atoms with Crippen molar-refractivity contribution in [2.75, 3.05) is 0 Å². The number of carbonyl (C=O) groups excluding carboxylic acids is 1. The lowest BCUT2D eigenvalue weighted by molar-refractivity contribution is 0.0689. The minimum absolute atomic E-state index is 0.00556. The number of rotatable bonds is 2. The van der Waals surface area contributed by atoms with Crippen LogP contribution >= 0.6 is 0 Å². The molecule has 2 aromatic rings. The fraction of sp³-hybridized carbons (Fsp3) is 0.125. The summed E-state index contributed by atoms with van der Waals surface area (Å²) in [5.74, 6) is -1.64. The van der Waals surface area contributed by atoms with Crippen molar-refractivity contribution >= 4 is 11.9 Å². The predicted molar refractivity (Wildman–Crippen MR) is 82.9 cm³/mol. The van der Waals surface area contributed by atoms with Crippen molar-refractivity contribution in [2.24, 2.45) is 5.73 Å². The van der Waals surface area contributed by atoms with Gasteiger partial charge in [0.1, 0.15) is 17.8 Å². The van der Waals surface area contributed by atoms with Crippen LogP contribution in [-0.4, -0.2) is 27.0 Å². The zero-order valence-electron chi connectivity index (χ0n) is 12.9. The smallest absolute Gasteiger partial charge is 0.354 e. The summed E-state index contributed by atoms with van der Waals surface area (Å²) >= 11 is 0. The fourth-order valence-corrected chi connectivity index (χ4v) is 1.75. The van der Waals surface area contributed by atoms with Gasteiger partial charge in [-0.1, -0.05) is 0 Å². The molecule has 0 radical (unpaired) electrons. The molecule has 8 heteroatoms. The van der Waals surface area contributed by atoms with Gasteiger partial charge in [0.05, 0.1) is 11.1 Å². The quantitative estimate of drug-likeness (QED) is 0.844. The maximum atomic E-state index is 10.7. The molecular weight excluding hydrogens is 310 g/mol. The van der Waals surface area contributed by atoms with E-state index < -0.39 is 11.9 Å². The first-order chi connectivity index (χ1) is 11.3. The van der Waals surface area contributed by atoms with Crippen LogP contribution in [0.4, 0.5) is 0 Å². The maximum Gasteiger partial charge on any atom is 0.354 e. The first-order valence-electron chi connectivity index (χ1n) is 6.56. The van der Waals surface area contributed by atoms with E-state index in [1.54, 1.807) is 19.9 Å². The zero-order chi connectivity index (χ0) is 18.3. The summed E-state index contributed by atoms with van der Waals surface area (Å²) in [6, 6.07) is 6.87. The molecule has 8 nitrogen and oxygen atoms in total. The molecule has 0 fully saturated rings. The number of carbonyl (C=O) groups is 2. The molecule has 0 saturated carbocycles. The lowest BCUT2D eigenvalue weighted by Crippen LogP contribution is -2.14. The SMILES string of the molecule is Cc1cc(C#N)cnc1C(=O)O.Cc1cc(C#N)cnc1C(N)=O. The van der Waals surface area contributed by atoms with Crippen LogP contribution in [0, 0.1) is 36.5 Å². The molecule has 0 spiro atoms. The minimum atomic E-state index is -1.07. The Morgan fingerprint density at radius 1 is 1.00 bits per heavy atom. The van der Waals surface area contributed by atoms with E-state index in [9.17, 15) is 9.59 Å². The lowest BCUT2D eigenvalue weighted by Gasteiger charge is -1.98. The van der Waals surface area contributed by atoms with Crippen LogP contribution in [0.3, 0.4) is 0 Å². The molecule has 0 bridgehead atoms. The molecule has 1 amide bonds. The van der Waals surface area contributed by atoms with Crippen molar-refractivity contribution < 1.29 is 14.7 Å². The average Bonchev–Trinajstić information content (AvgIpc) is 2.54. The highest BCUT2D eigenvalue weighted by Crippen LogP contribution is 2.06. The Balaban J connectivity index is 0.000000240. The van der Waals surface area contributed by atoms with E-state index in [4.69, 9.17) is 21.4 Å². The van der Waals surface area contributed by atoms with Crippen LogP contribution in [-0.2, 0) is 0 Å². The zero-order valence-corrected chi connectivity index (χ0v) is 12.9. The second-order valence-electron chi connectivity index (χ2n) is 4.67. The van der Waals surface area contributed by atoms with Crippen LogP contribution in [0.25, 0.3) is 0 Å². The number of primary amides is 1. The first kappa shape index (κ1) is 18.3. The van der Waals surface area contributed by atoms with E-state index in [1.807, 2.05) is 12.1 Å². The number of aromatic carboxylic acids is 1. The summed E-state index contributed by atoms with van der Waals surface area (Å²) in [6.07, 6.45) is 2.57. The average molecular weight is 323 g/mol. The van der Waals surface area contributed by atoms with E-state index in [-0.39, 0.29) is 11.4 Å². The van der Waals surface area contributed by atoms with Gasteiger partial charge in [-0.05, 0) is 37.1 Å². The summed E-state index contributed by atoms with van der Waals surface area (Å²) in [6.45, 7) is 3.30. The van der Waals surface area contributed by atoms with Gasteiger partial charge in [0.25, 0.3) is 5.91 Å². The number of aromatic nitrogens is 2. The van der Waals surface area contributed by atoms with Gasteiger partial charge < -0.3 is 10.8 Å². The largest absolute Gasteiger partial charge is 0.477 e. The number of hydrogen-bond donors (Lipinski definition) is 2. The van der Waals surface area contributed by atoms with Gasteiger partial charge in [-0.3, -0.25) is 4.79 Å².